The monoisotopic (exact) mass is 433 g/mol. The Kier molecular flexibility index (Phi) is 4.08. The third-order valence-corrected chi connectivity index (χ3v) is 2.01. The van der Waals surface area contributed by atoms with E-state index >= 15 is 0 Å². The van der Waals surface area contributed by atoms with Crippen LogP contribution in [0.3, 0.4) is 0 Å². The quantitative estimate of drug-likeness (QED) is 0.794. The minimum absolute atomic E-state index is 0. The SMILES string of the molecule is [2H]c1c([2H])c(N([2H])C(=O)C([2H])([2H])[2H])c([2H])c([2H])c1OC.[2H]c1c([2H])c(OC)c([2H])c([2H])c1[N-]C(=O)C([2H])([2H])[2H].[Y]. The largest absolute Gasteiger partial charge is 0.627 e. The van der Waals surface area contributed by atoms with Gasteiger partial charge in [0.15, 0.2) is 1.41 Å². The first kappa shape index (κ1) is 8.19. The van der Waals surface area contributed by atoms with Crippen LogP contribution in [-0.4, -0.2) is 26.0 Å². The number of ether oxygens (including phenoxy) is 2. The Hall–Kier alpha value is -1.92. The van der Waals surface area contributed by atoms with Crippen molar-refractivity contribution in [2.75, 3.05) is 19.5 Å². The second-order valence-electron chi connectivity index (χ2n) is 3.60. The molecule has 0 aliphatic rings. The van der Waals surface area contributed by atoms with Crippen LogP contribution in [-0.2, 0) is 42.3 Å². The Bertz CT molecular complexity index is 1230. The van der Waals surface area contributed by atoms with Crippen molar-refractivity contribution in [3.05, 3.63) is 53.7 Å². The molecule has 1 radical (unpaired) electrons. The summed E-state index contributed by atoms with van der Waals surface area (Å²) in [5.41, 5.74) is -1.35. The van der Waals surface area contributed by atoms with Crippen LogP contribution in [0.2, 0.25) is 1.41 Å². The number of benzene rings is 2. The van der Waals surface area contributed by atoms with E-state index in [4.69, 9.17) is 30.1 Å². The fourth-order valence-electron chi connectivity index (χ4n) is 1.11. The molecule has 0 heterocycles. The van der Waals surface area contributed by atoms with E-state index in [0.717, 1.165) is 7.11 Å². The molecule has 7 heteroatoms. The molecule has 0 atom stereocenters. The minimum atomic E-state index is -3.12. The zero-order chi connectivity index (χ0) is 30.8. The first-order valence-electron chi connectivity index (χ1n) is 13.5. The molecule has 25 heavy (non-hydrogen) atoms. The van der Waals surface area contributed by atoms with Gasteiger partial charge in [-0.25, -0.2) is 0 Å². The van der Waals surface area contributed by atoms with E-state index in [9.17, 15) is 9.59 Å². The van der Waals surface area contributed by atoms with Crippen LogP contribution < -0.4 is 14.8 Å². The molecule has 0 saturated carbocycles. The summed E-state index contributed by atoms with van der Waals surface area (Å²) in [7, 11) is 2.32. The summed E-state index contributed by atoms with van der Waals surface area (Å²) >= 11 is 0. The number of amides is 2. The van der Waals surface area contributed by atoms with E-state index in [2.05, 4.69) is 5.32 Å². The summed E-state index contributed by atoms with van der Waals surface area (Å²) in [4.78, 5) is 22.8. The molecular formula is C18H21N2O4Y-. The smallest absolute Gasteiger partial charge is 0.221 e. The maximum absolute atomic E-state index is 11.5. The van der Waals surface area contributed by atoms with E-state index in [1.807, 2.05) is 0 Å². The molecule has 0 unspecified atom stereocenters. The summed E-state index contributed by atoms with van der Waals surface area (Å²) in [5.74, 6) is -3.77. The van der Waals surface area contributed by atoms with Gasteiger partial charge in [0.2, 0.25) is 5.91 Å². The summed E-state index contributed by atoms with van der Waals surface area (Å²) in [6, 6.07) is -4.96. The van der Waals surface area contributed by atoms with Crippen LogP contribution in [0, 0.1) is 0 Å². The van der Waals surface area contributed by atoms with Crippen LogP contribution in [0.1, 0.15) is 32.9 Å². The fourth-order valence-corrected chi connectivity index (χ4v) is 1.11. The van der Waals surface area contributed by atoms with Crippen LogP contribution in [0.4, 0.5) is 11.4 Å². The van der Waals surface area contributed by atoms with Crippen molar-refractivity contribution in [1.82, 2.24) is 0 Å². The van der Waals surface area contributed by atoms with Crippen molar-refractivity contribution in [2.24, 2.45) is 0 Å². The predicted octanol–water partition coefficient (Wildman–Crippen LogP) is 3.90. The topological polar surface area (TPSA) is 78.7 Å². The van der Waals surface area contributed by atoms with Gasteiger partial charge in [-0.3, -0.25) is 4.79 Å². The zero-order valence-electron chi connectivity index (χ0n) is 28.1. The second kappa shape index (κ2) is 12.4. The van der Waals surface area contributed by atoms with Crippen LogP contribution in [0.25, 0.3) is 5.32 Å². The first-order valence-corrected chi connectivity index (χ1v) is 6.03. The Labute approximate surface area is 194 Å². The van der Waals surface area contributed by atoms with E-state index in [1.54, 1.807) is 0 Å². The van der Waals surface area contributed by atoms with E-state index < -0.39 is 85.2 Å². The molecular weight excluding hydrogens is 397 g/mol. The maximum atomic E-state index is 11.5. The van der Waals surface area contributed by atoms with E-state index in [-0.39, 0.29) is 49.5 Å². The third kappa shape index (κ3) is 9.84. The number of carbonyl (C=O) groups is 2. The van der Waals surface area contributed by atoms with Gasteiger partial charge in [-0.05, 0) is 43.1 Å². The van der Waals surface area contributed by atoms with Gasteiger partial charge in [-0.15, -0.1) is 5.69 Å². The molecule has 6 nitrogen and oxygen atoms in total. The molecule has 2 amide bonds. The number of hydrogen-bond acceptors (Lipinski definition) is 4. The fraction of sp³-hybridized carbons (Fsp3) is 0.222. The molecule has 0 bridgehead atoms. The molecule has 1 N–H and O–H groups in total. The molecule has 0 aromatic heterocycles. The Morgan fingerprint density at radius 2 is 1.52 bits per heavy atom. The van der Waals surface area contributed by atoms with Crippen LogP contribution >= 0.6 is 0 Å². The van der Waals surface area contributed by atoms with Crippen LogP contribution in [0.15, 0.2) is 48.3 Å². The van der Waals surface area contributed by atoms with Crippen molar-refractivity contribution in [1.29, 1.82) is 0 Å². The molecule has 2 rings (SSSR count). The van der Waals surface area contributed by atoms with Crippen LogP contribution in [0.5, 0.6) is 11.5 Å². The maximum Gasteiger partial charge on any atom is 0.221 e. The number of nitrogens with one attached hydrogen (secondary N) is 1. The molecule has 2 aromatic rings. The minimum Gasteiger partial charge on any atom is -0.627 e. The van der Waals surface area contributed by atoms with Crippen molar-refractivity contribution in [3.63, 3.8) is 0 Å². The second-order valence-corrected chi connectivity index (χ2v) is 3.60. The van der Waals surface area contributed by atoms with Gasteiger partial charge in [0.05, 0.1) is 31.1 Å². The Morgan fingerprint density at radius 1 is 1.00 bits per heavy atom. The first-order chi connectivity index (χ1) is 17.6. The predicted molar refractivity (Wildman–Crippen MR) is 94.0 cm³/mol. The number of nitrogens with zero attached hydrogens (tertiary/aromatic N) is 1. The molecule has 0 aliphatic carbocycles. The third-order valence-electron chi connectivity index (χ3n) is 2.01. The van der Waals surface area contributed by atoms with Gasteiger partial charge in [-0.1, -0.05) is 12.1 Å². The normalized spacial score (nSPS) is 18.4. The Morgan fingerprint density at radius 3 is 1.96 bits per heavy atom. The number of rotatable bonds is 4. The van der Waals surface area contributed by atoms with Gasteiger partial charge < -0.3 is 24.9 Å². The number of methoxy groups -OCH3 is 2. The summed E-state index contributed by atoms with van der Waals surface area (Å²) < 4.78 is 119. The average molecular weight is 433 g/mol. The standard InChI is InChI=1S/2C9H11NO2.Y/c2*1-7(11)10-8-3-5-9(12-2)6-4-8;/h2*3-6H,1-2H3,(H,10,11);/p-1/i2*1D3,3D,4D,5D,6D;/hD. The molecule has 131 valence electrons. The van der Waals surface area contributed by atoms with Crippen molar-refractivity contribution < 1.29 is 72.4 Å². The van der Waals surface area contributed by atoms with E-state index in [1.165, 1.54) is 7.11 Å². The molecule has 0 saturated heterocycles. The average Bonchev–Trinajstić information content (AvgIpc) is 2.83. The van der Waals surface area contributed by atoms with Gasteiger partial charge in [0, 0.05) is 53.5 Å². The zero-order valence-corrected chi connectivity index (χ0v) is 15.9. The summed E-state index contributed by atoms with van der Waals surface area (Å²) in [6.45, 7) is -6.12. The Balaban J connectivity index is 0.000000743. The van der Waals surface area contributed by atoms with Gasteiger partial charge in [-0.2, -0.15) is 0 Å². The number of anilines is 1. The van der Waals surface area contributed by atoms with Crippen molar-refractivity contribution >= 4 is 23.2 Å². The van der Waals surface area contributed by atoms with Gasteiger partial charge >= 0.3 is 0 Å². The molecule has 0 fully saturated rings. The van der Waals surface area contributed by atoms with E-state index in [0.29, 0.717) is 0 Å². The molecule has 0 aliphatic heterocycles. The van der Waals surface area contributed by atoms with Gasteiger partial charge in [0.25, 0.3) is 0 Å². The summed E-state index contributed by atoms with van der Waals surface area (Å²) in [6.07, 6.45) is 0. The van der Waals surface area contributed by atoms with Crippen molar-refractivity contribution in [2.45, 2.75) is 13.7 Å². The molecule has 0 spiro atoms. The number of hydrogen-bond donors (Lipinski definition) is 1. The summed E-state index contributed by atoms with van der Waals surface area (Å²) in [5, 5.41) is 3.01. The number of carbonyl (C=O) groups excluding carboxylic acids is 2. The van der Waals surface area contributed by atoms with Crippen molar-refractivity contribution in [3.8, 4) is 11.5 Å². The van der Waals surface area contributed by atoms with Gasteiger partial charge in [0.1, 0.15) is 11.5 Å². The molecule has 2 aromatic carbocycles.